The van der Waals surface area contributed by atoms with Crippen LogP contribution in [0, 0.1) is 0 Å². The van der Waals surface area contributed by atoms with Crippen LogP contribution in [0.2, 0.25) is 0 Å². The van der Waals surface area contributed by atoms with Crippen molar-refractivity contribution in [3.63, 3.8) is 0 Å². The summed E-state index contributed by atoms with van der Waals surface area (Å²) in [5.41, 5.74) is 0. The van der Waals surface area contributed by atoms with Gasteiger partial charge in [-0.2, -0.15) is 0 Å². The Kier molecular flexibility index (Phi) is 4.39. The van der Waals surface area contributed by atoms with E-state index < -0.39 is 43.3 Å². The summed E-state index contributed by atoms with van der Waals surface area (Å²) in [7, 11) is 0. The highest BCUT2D eigenvalue weighted by Gasteiger charge is 2.45. The molecule has 1 rings (SSSR count). The molecule has 0 amide bonds. The van der Waals surface area contributed by atoms with Gasteiger partial charge in [0, 0.05) is 6.08 Å². The summed E-state index contributed by atoms with van der Waals surface area (Å²) < 4.78 is 9.49. The third kappa shape index (κ3) is 2.57. The smallest absolute Gasteiger partial charge is 0.332 e. The molecule has 0 aromatic rings. The number of carbonyl (C=O) groups excluding carboxylic acids is 1. The van der Waals surface area contributed by atoms with Crippen molar-refractivity contribution in [2.75, 3.05) is 6.61 Å². The van der Waals surface area contributed by atoms with Crippen molar-refractivity contribution in [2.24, 2.45) is 0 Å². The first-order valence-corrected chi connectivity index (χ1v) is 4.64. The van der Waals surface area contributed by atoms with E-state index >= 15 is 0 Å². The van der Waals surface area contributed by atoms with Crippen molar-refractivity contribution < 1.29 is 34.7 Å². The van der Waals surface area contributed by atoms with E-state index in [4.69, 9.17) is 9.84 Å². The van der Waals surface area contributed by atoms with Gasteiger partial charge in [0.05, 0.1) is 6.61 Å². The molecule has 92 valence electrons. The number of hydrogen-bond acceptors (Lipinski definition) is 7. The summed E-state index contributed by atoms with van der Waals surface area (Å²) in [6.45, 7) is 2.58. The van der Waals surface area contributed by atoms with Gasteiger partial charge in [-0.15, -0.1) is 0 Å². The van der Waals surface area contributed by atoms with Crippen LogP contribution >= 0.6 is 0 Å². The van der Waals surface area contributed by atoms with E-state index in [2.05, 4.69) is 11.3 Å². The van der Waals surface area contributed by atoms with E-state index in [-0.39, 0.29) is 0 Å². The lowest BCUT2D eigenvalue weighted by Crippen LogP contribution is -2.59. The summed E-state index contributed by atoms with van der Waals surface area (Å²) in [4.78, 5) is 10.9. The molecule has 1 fully saturated rings. The zero-order chi connectivity index (χ0) is 12.3. The van der Waals surface area contributed by atoms with Gasteiger partial charge in [0.2, 0.25) is 6.29 Å². The Bertz CT molecular complexity index is 265. The maximum absolute atomic E-state index is 10.9. The van der Waals surface area contributed by atoms with Gasteiger partial charge in [-0.1, -0.05) is 6.58 Å². The number of aliphatic hydroxyl groups is 4. The van der Waals surface area contributed by atoms with Gasteiger partial charge in [-0.25, -0.2) is 4.79 Å². The Balaban J connectivity index is 2.70. The van der Waals surface area contributed by atoms with Crippen LogP contribution < -0.4 is 0 Å². The molecular formula is C9H14O7. The van der Waals surface area contributed by atoms with Crippen LogP contribution in [0.4, 0.5) is 0 Å². The molecule has 16 heavy (non-hydrogen) atoms. The zero-order valence-electron chi connectivity index (χ0n) is 8.39. The SMILES string of the molecule is C=CC(=O)O[C@H]1O[C@H](CO)[C@H](O)[C@H](O)[C@H]1O. The summed E-state index contributed by atoms with van der Waals surface area (Å²) >= 11 is 0. The van der Waals surface area contributed by atoms with Crippen molar-refractivity contribution in [3.8, 4) is 0 Å². The maximum Gasteiger partial charge on any atom is 0.332 e. The zero-order valence-corrected chi connectivity index (χ0v) is 8.39. The largest absolute Gasteiger partial charge is 0.430 e. The molecule has 0 aromatic heterocycles. The van der Waals surface area contributed by atoms with E-state index in [0.29, 0.717) is 0 Å². The first kappa shape index (κ1) is 13.1. The number of aliphatic hydroxyl groups excluding tert-OH is 4. The molecule has 1 aliphatic heterocycles. The standard InChI is InChI=1S/C9H14O7/c1-2-5(11)16-9-8(14)7(13)6(12)4(3-10)15-9/h2,4,6-10,12-14H,1,3H2/t4-,6+,7+,8-,9-/m1/s1. The molecule has 0 saturated carbocycles. The fourth-order valence-corrected chi connectivity index (χ4v) is 1.33. The van der Waals surface area contributed by atoms with Crippen molar-refractivity contribution in [1.29, 1.82) is 0 Å². The lowest BCUT2D eigenvalue weighted by atomic mass is 9.99. The molecule has 0 aliphatic carbocycles. The maximum atomic E-state index is 10.9. The molecule has 1 saturated heterocycles. The molecule has 1 aliphatic rings. The highest BCUT2D eigenvalue weighted by atomic mass is 16.7. The molecule has 7 nitrogen and oxygen atoms in total. The second kappa shape index (κ2) is 5.37. The van der Waals surface area contributed by atoms with Gasteiger partial charge < -0.3 is 29.9 Å². The van der Waals surface area contributed by atoms with E-state index in [1.165, 1.54) is 0 Å². The Morgan fingerprint density at radius 1 is 1.31 bits per heavy atom. The Hall–Kier alpha value is -0.990. The Morgan fingerprint density at radius 2 is 1.94 bits per heavy atom. The Labute approximate surface area is 91.5 Å². The minimum Gasteiger partial charge on any atom is -0.430 e. The normalized spacial score (nSPS) is 39.1. The highest BCUT2D eigenvalue weighted by Crippen LogP contribution is 2.21. The lowest BCUT2D eigenvalue weighted by Gasteiger charge is -2.38. The summed E-state index contributed by atoms with van der Waals surface area (Å²) in [5, 5.41) is 37.0. The van der Waals surface area contributed by atoms with Crippen LogP contribution in [-0.4, -0.2) is 63.7 Å². The predicted octanol–water partition coefficient (Wildman–Crippen LogP) is -2.48. The van der Waals surface area contributed by atoms with E-state index in [1.807, 2.05) is 0 Å². The molecule has 4 N–H and O–H groups in total. The number of carbonyl (C=O) groups is 1. The molecule has 7 heteroatoms. The molecule has 0 spiro atoms. The van der Waals surface area contributed by atoms with E-state index in [9.17, 15) is 20.1 Å². The van der Waals surface area contributed by atoms with Gasteiger partial charge >= 0.3 is 5.97 Å². The number of rotatable bonds is 3. The highest BCUT2D eigenvalue weighted by molar-refractivity contribution is 5.81. The first-order chi connectivity index (χ1) is 7.51. The van der Waals surface area contributed by atoms with Crippen LogP contribution in [0.15, 0.2) is 12.7 Å². The van der Waals surface area contributed by atoms with Crippen LogP contribution in [0.25, 0.3) is 0 Å². The van der Waals surface area contributed by atoms with Crippen molar-refractivity contribution in [1.82, 2.24) is 0 Å². The van der Waals surface area contributed by atoms with Crippen molar-refractivity contribution in [3.05, 3.63) is 12.7 Å². The van der Waals surface area contributed by atoms with E-state index in [1.54, 1.807) is 0 Å². The fraction of sp³-hybridized carbons (Fsp3) is 0.667. The minimum absolute atomic E-state index is 0.576. The Morgan fingerprint density at radius 3 is 2.44 bits per heavy atom. The molecular weight excluding hydrogens is 220 g/mol. The number of hydrogen-bond donors (Lipinski definition) is 4. The van der Waals surface area contributed by atoms with Crippen LogP contribution in [0.1, 0.15) is 0 Å². The third-order valence-electron chi connectivity index (χ3n) is 2.25. The van der Waals surface area contributed by atoms with Crippen molar-refractivity contribution >= 4 is 5.97 Å². The molecule has 5 atom stereocenters. The van der Waals surface area contributed by atoms with Gasteiger partial charge in [0.1, 0.15) is 24.4 Å². The summed E-state index contributed by atoms with van der Waals surface area (Å²) in [6.07, 6.45) is -6.29. The molecule has 0 bridgehead atoms. The average Bonchev–Trinajstić information content (AvgIpc) is 2.29. The molecule has 0 radical (unpaired) electrons. The summed E-state index contributed by atoms with van der Waals surface area (Å²) in [6, 6.07) is 0. The predicted molar refractivity (Wildman–Crippen MR) is 50.1 cm³/mol. The second-order valence-corrected chi connectivity index (χ2v) is 3.34. The topological polar surface area (TPSA) is 116 Å². The average molecular weight is 234 g/mol. The van der Waals surface area contributed by atoms with E-state index in [0.717, 1.165) is 6.08 Å². The van der Waals surface area contributed by atoms with Gasteiger partial charge in [0.25, 0.3) is 0 Å². The van der Waals surface area contributed by atoms with Gasteiger partial charge in [0.15, 0.2) is 0 Å². The molecule has 1 heterocycles. The van der Waals surface area contributed by atoms with Crippen molar-refractivity contribution in [2.45, 2.75) is 30.7 Å². The minimum atomic E-state index is -1.58. The van der Waals surface area contributed by atoms with Gasteiger partial charge in [-0.05, 0) is 0 Å². The molecule has 0 unspecified atom stereocenters. The number of ether oxygens (including phenoxy) is 2. The van der Waals surface area contributed by atoms with Crippen LogP contribution in [0.3, 0.4) is 0 Å². The first-order valence-electron chi connectivity index (χ1n) is 4.64. The lowest BCUT2D eigenvalue weighted by molar-refractivity contribution is -0.291. The molecule has 0 aromatic carbocycles. The van der Waals surface area contributed by atoms with Gasteiger partial charge in [-0.3, -0.25) is 0 Å². The van der Waals surface area contributed by atoms with Crippen LogP contribution in [-0.2, 0) is 14.3 Å². The monoisotopic (exact) mass is 234 g/mol. The second-order valence-electron chi connectivity index (χ2n) is 3.34. The quantitative estimate of drug-likeness (QED) is 0.315. The summed E-state index contributed by atoms with van der Waals surface area (Å²) in [5.74, 6) is -0.843. The van der Waals surface area contributed by atoms with Crippen LogP contribution in [0.5, 0.6) is 0 Å². The fourth-order valence-electron chi connectivity index (χ4n) is 1.33. The third-order valence-corrected chi connectivity index (χ3v) is 2.25. The number of esters is 1.